The lowest BCUT2D eigenvalue weighted by atomic mass is 10.2. The first-order valence-corrected chi connectivity index (χ1v) is 7.27. The number of rotatable bonds is 3. The summed E-state index contributed by atoms with van der Waals surface area (Å²) in [7, 11) is 0. The molecule has 2 aromatic carbocycles. The normalized spacial score (nSPS) is 11.1. The van der Waals surface area contributed by atoms with Crippen molar-refractivity contribution in [2.24, 2.45) is 0 Å². The summed E-state index contributed by atoms with van der Waals surface area (Å²) < 4.78 is 1.92. The largest absolute Gasteiger partial charge is 0.339 e. The number of para-hydroxylation sites is 2. The predicted molar refractivity (Wildman–Crippen MR) is 88.8 cm³/mol. The minimum atomic E-state index is -0.155. The van der Waals surface area contributed by atoms with Gasteiger partial charge < -0.3 is 9.55 Å². The molecule has 112 valence electrons. The standard InChI is InChI=1S/C18H13N3O2/c22-11-12-9-21(16-8-4-2-5-13(12)16)10-17-19-15-7-3-1-6-14(15)18(23)20-17/h1-9,11H,10H2,(H,19,20,23). The Balaban J connectivity index is 1.85. The van der Waals surface area contributed by atoms with Crippen LogP contribution < -0.4 is 5.56 Å². The highest BCUT2D eigenvalue weighted by Crippen LogP contribution is 2.20. The minimum absolute atomic E-state index is 0.155. The van der Waals surface area contributed by atoms with Crippen LogP contribution in [0.4, 0.5) is 0 Å². The molecule has 2 heterocycles. The Morgan fingerprint density at radius 2 is 1.78 bits per heavy atom. The highest BCUT2D eigenvalue weighted by molar-refractivity contribution is 5.97. The minimum Gasteiger partial charge on any atom is -0.339 e. The van der Waals surface area contributed by atoms with Gasteiger partial charge in [-0.25, -0.2) is 4.98 Å². The third-order valence-electron chi connectivity index (χ3n) is 3.93. The molecule has 0 saturated heterocycles. The van der Waals surface area contributed by atoms with Gasteiger partial charge in [0.05, 0.1) is 17.4 Å². The summed E-state index contributed by atoms with van der Waals surface area (Å²) in [6.45, 7) is 0.397. The van der Waals surface area contributed by atoms with Gasteiger partial charge in [0.15, 0.2) is 6.29 Å². The zero-order chi connectivity index (χ0) is 15.8. The first kappa shape index (κ1) is 13.5. The molecule has 0 amide bonds. The van der Waals surface area contributed by atoms with Crippen molar-refractivity contribution >= 4 is 28.1 Å². The molecule has 0 spiro atoms. The van der Waals surface area contributed by atoms with Gasteiger partial charge in [-0.1, -0.05) is 30.3 Å². The highest BCUT2D eigenvalue weighted by Gasteiger charge is 2.09. The number of carbonyl (C=O) groups excluding carboxylic acids is 1. The monoisotopic (exact) mass is 303 g/mol. The molecule has 0 aliphatic carbocycles. The van der Waals surface area contributed by atoms with Crippen molar-refractivity contribution in [2.45, 2.75) is 6.54 Å². The molecule has 0 fully saturated rings. The predicted octanol–water partition coefficient (Wildman–Crippen LogP) is 2.74. The van der Waals surface area contributed by atoms with E-state index in [2.05, 4.69) is 9.97 Å². The second-order valence-electron chi connectivity index (χ2n) is 5.38. The van der Waals surface area contributed by atoms with Crippen molar-refractivity contribution < 1.29 is 4.79 Å². The van der Waals surface area contributed by atoms with E-state index in [0.717, 1.165) is 17.2 Å². The van der Waals surface area contributed by atoms with Crippen LogP contribution in [0.15, 0.2) is 59.5 Å². The highest BCUT2D eigenvalue weighted by atomic mass is 16.1. The van der Waals surface area contributed by atoms with Crippen LogP contribution in [-0.2, 0) is 6.54 Å². The fourth-order valence-corrected chi connectivity index (χ4v) is 2.87. The number of aldehydes is 1. The molecule has 0 unspecified atom stereocenters. The topological polar surface area (TPSA) is 67.8 Å². The number of nitrogens with one attached hydrogen (secondary N) is 1. The molecule has 23 heavy (non-hydrogen) atoms. The molecule has 0 saturated carbocycles. The maximum atomic E-state index is 12.2. The van der Waals surface area contributed by atoms with Crippen molar-refractivity contribution in [3.05, 3.63) is 76.5 Å². The molecule has 0 aliphatic heterocycles. The molecule has 0 aliphatic rings. The third kappa shape index (κ3) is 2.23. The van der Waals surface area contributed by atoms with E-state index in [0.29, 0.717) is 28.8 Å². The van der Waals surface area contributed by atoms with Crippen molar-refractivity contribution in [3.8, 4) is 0 Å². The lowest BCUT2D eigenvalue weighted by molar-refractivity contribution is 0.112. The number of hydrogen-bond acceptors (Lipinski definition) is 3. The van der Waals surface area contributed by atoms with Gasteiger partial charge in [0, 0.05) is 22.7 Å². The lowest BCUT2D eigenvalue weighted by Crippen LogP contribution is -2.14. The summed E-state index contributed by atoms with van der Waals surface area (Å²) in [6, 6.07) is 14.9. The van der Waals surface area contributed by atoms with E-state index >= 15 is 0 Å². The van der Waals surface area contributed by atoms with Crippen molar-refractivity contribution in [1.29, 1.82) is 0 Å². The summed E-state index contributed by atoms with van der Waals surface area (Å²) in [4.78, 5) is 30.7. The maximum absolute atomic E-state index is 12.2. The van der Waals surface area contributed by atoms with Crippen LogP contribution in [0.25, 0.3) is 21.8 Å². The fraction of sp³-hybridized carbons (Fsp3) is 0.0556. The zero-order valence-electron chi connectivity index (χ0n) is 12.2. The van der Waals surface area contributed by atoms with Crippen molar-refractivity contribution in [2.75, 3.05) is 0 Å². The van der Waals surface area contributed by atoms with Gasteiger partial charge in [-0.15, -0.1) is 0 Å². The van der Waals surface area contributed by atoms with Gasteiger partial charge >= 0.3 is 0 Å². The molecule has 1 N–H and O–H groups in total. The molecule has 4 rings (SSSR count). The number of fused-ring (bicyclic) bond motifs is 2. The smallest absolute Gasteiger partial charge is 0.258 e. The van der Waals surface area contributed by atoms with Crippen molar-refractivity contribution in [1.82, 2.24) is 14.5 Å². The summed E-state index contributed by atoms with van der Waals surface area (Å²) in [5.41, 5.74) is 2.07. The fourth-order valence-electron chi connectivity index (χ4n) is 2.87. The Labute approximate surface area is 131 Å². The van der Waals surface area contributed by atoms with E-state index in [1.54, 1.807) is 12.3 Å². The van der Waals surface area contributed by atoms with Gasteiger partial charge in [0.2, 0.25) is 0 Å². The Kier molecular flexibility index (Phi) is 3.05. The number of H-pyrrole nitrogens is 1. The quantitative estimate of drug-likeness (QED) is 0.592. The second-order valence-corrected chi connectivity index (χ2v) is 5.38. The molecule has 5 heteroatoms. The van der Waals surface area contributed by atoms with E-state index in [-0.39, 0.29) is 5.56 Å². The molecule has 0 bridgehead atoms. The number of nitrogens with zero attached hydrogens (tertiary/aromatic N) is 2. The van der Waals surface area contributed by atoms with Crippen LogP contribution in [-0.4, -0.2) is 20.8 Å². The second kappa shape index (κ2) is 5.21. The SMILES string of the molecule is O=Cc1cn(Cc2nc3ccccc3c(=O)[nH]2)c2ccccc12. The Morgan fingerprint density at radius 3 is 2.61 bits per heavy atom. The van der Waals surface area contributed by atoms with Crippen LogP contribution in [0.2, 0.25) is 0 Å². The summed E-state index contributed by atoms with van der Waals surface area (Å²) in [5, 5.41) is 1.47. The van der Waals surface area contributed by atoms with Gasteiger partial charge in [0.1, 0.15) is 5.82 Å². The van der Waals surface area contributed by atoms with Gasteiger partial charge in [-0.2, -0.15) is 0 Å². The number of hydrogen-bond donors (Lipinski definition) is 1. The van der Waals surface area contributed by atoms with E-state index in [1.165, 1.54) is 0 Å². The van der Waals surface area contributed by atoms with E-state index in [9.17, 15) is 9.59 Å². The van der Waals surface area contributed by atoms with Gasteiger partial charge in [-0.05, 0) is 18.2 Å². The average Bonchev–Trinajstić information content (AvgIpc) is 2.93. The molecule has 0 atom stereocenters. The molecule has 5 nitrogen and oxygen atoms in total. The Bertz CT molecular complexity index is 1090. The maximum Gasteiger partial charge on any atom is 0.258 e. The molecule has 4 aromatic rings. The summed E-state index contributed by atoms with van der Waals surface area (Å²) in [5.74, 6) is 0.562. The van der Waals surface area contributed by atoms with E-state index in [1.807, 2.05) is 47.0 Å². The summed E-state index contributed by atoms with van der Waals surface area (Å²) in [6.07, 6.45) is 2.63. The number of aromatic amines is 1. The number of benzene rings is 2. The van der Waals surface area contributed by atoms with Crippen LogP contribution in [0, 0.1) is 0 Å². The first-order valence-electron chi connectivity index (χ1n) is 7.27. The number of aromatic nitrogens is 3. The lowest BCUT2D eigenvalue weighted by Gasteiger charge is -2.06. The van der Waals surface area contributed by atoms with Gasteiger partial charge in [0.25, 0.3) is 5.56 Å². The number of carbonyl (C=O) groups is 1. The van der Waals surface area contributed by atoms with Crippen molar-refractivity contribution in [3.63, 3.8) is 0 Å². The van der Waals surface area contributed by atoms with Crippen LogP contribution in [0.1, 0.15) is 16.2 Å². The Morgan fingerprint density at radius 1 is 1.04 bits per heavy atom. The first-order chi connectivity index (χ1) is 11.3. The molecular formula is C18H13N3O2. The van der Waals surface area contributed by atoms with E-state index in [4.69, 9.17) is 0 Å². The van der Waals surface area contributed by atoms with Crippen LogP contribution in [0.5, 0.6) is 0 Å². The summed E-state index contributed by atoms with van der Waals surface area (Å²) >= 11 is 0. The van der Waals surface area contributed by atoms with Gasteiger partial charge in [-0.3, -0.25) is 9.59 Å². The molecule has 0 radical (unpaired) electrons. The molecule has 2 aromatic heterocycles. The average molecular weight is 303 g/mol. The van der Waals surface area contributed by atoms with Crippen LogP contribution in [0.3, 0.4) is 0 Å². The van der Waals surface area contributed by atoms with E-state index < -0.39 is 0 Å². The molecular weight excluding hydrogens is 290 g/mol. The van der Waals surface area contributed by atoms with Crippen LogP contribution >= 0.6 is 0 Å². The Hall–Kier alpha value is -3.21. The third-order valence-corrected chi connectivity index (χ3v) is 3.93. The zero-order valence-corrected chi connectivity index (χ0v) is 12.2.